The first-order valence-corrected chi connectivity index (χ1v) is 7.00. The van der Waals surface area contributed by atoms with Crippen molar-refractivity contribution in [2.45, 2.75) is 26.0 Å². The van der Waals surface area contributed by atoms with Crippen LogP contribution in [0.4, 0.5) is 8.78 Å². The summed E-state index contributed by atoms with van der Waals surface area (Å²) in [6.07, 6.45) is -3.46. The van der Waals surface area contributed by atoms with Gasteiger partial charge >= 0.3 is 6.11 Å². The Labute approximate surface area is 92.3 Å². The number of nitrogens with one attached hydrogen (secondary N) is 1. The Morgan fingerprint density at radius 3 is 2.36 bits per heavy atom. The lowest BCUT2D eigenvalue weighted by Gasteiger charge is -2.26. The molecule has 0 aromatic rings. The Morgan fingerprint density at radius 1 is 1.57 bits per heavy atom. The van der Waals surface area contributed by atoms with Crippen LogP contribution in [0.25, 0.3) is 0 Å². The highest BCUT2D eigenvalue weighted by Crippen LogP contribution is 2.48. The predicted molar refractivity (Wildman–Crippen MR) is 56.3 cm³/mol. The Hall–Kier alpha value is 0.680. The van der Waals surface area contributed by atoms with E-state index in [0.29, 0.717) is 0 Å². The molecule has 0 aliphatic heterocycles. The fourth-order valence-electron chi connectivity index (χ4n) is 0.633. The van der Waals surface area contributed by atoms with Gasteiger partial charge in [0.1, 0.15) is 5.88 Å². The third-order valence-corrected chi connectivity index (χ3v) is 4.18. The van der Waals surface area contributed by atoms with Gasteiger partial charge in [-0.3, -0.25) is 4.52 Å². The lowest BCUT2D eigenvalue weighted by atomic mass is 10.4. The lowest BCUT2D eigenvalue weighted by Crippen LogP contribution is -2.29. The zero-order valence-electron chi connectivity index (χ0n) is 8.09. The zero-order chi connectivity index (χ0) is 11.4. The maximum Gasteiger partial charge on any atom is 0.375 e. The van der Waals surface area contributed by atoms with E-state index in [2.05, 4.69) is 9.61 Å². The summed E-state index contributed by atoms with van der Waals surface area (Å²) in [4.78, 5) is 0. The van der Waals surface area contributed by atoms with Crippen LogP contribution < -0.4 is 5.09 Å². The van der Waals surface area contributed by atoms with Crippen molar-refractivity contribution in [2.75, 3.05) is 13.0 Å². The fraction of sp³-hybridized carbons (Fsp3) is 1.00. The molecule has 1 unspecified atom stereocenters. The molecule has 0 heterocycles. The Balaban J connectivity index is 4.48. The molecule has 0 bridgehead atoms. The van der Waals surface area contributed by atoms with Gasteiger partial charge in [-0.25, -0.2) is 5.09 Å². The minimum Gasteiger partial charge on any atom is -0.321 e. The van der Waals surface area contributed by atoms with E-state index in [9.17, 15) is 8.78 Å². The summed E-state index contributed by atoms with van der Waals surface area (Å²) in [6.45, 7) is 0.359. The molecule has 0 aliphatic carbocycles. The quantitative estimate of drug-likeness (QED) is 0.592. The van der Waals surface area contributed by atoms with Gasteiger partial charge in [0.05, 0.1) is 0 Å². The summed E-state index contributed by atoms with van der Waals surface area (Å²) in [5.74, 6) is -0.950. The fourth-order valence-corrected chi connectivity index (χ4v) is 3.00. The van der Waals surface area contributed by atoms with Gasteiger partial charge in [0.25, 0.3) is 6.64 Å². The van der Waals surface area contributed by atoms with Gasteiger partial charge in [-0.05, 0) is 25.7 Å². The van der Waals surface area contributed by atoms with E-state index < -0.39 is 18.6 Å². The molecule has 0 fully saturated rings. The molecule has 0 rings (SSSR count). The van der Waals surface area contributed by atoms with Gasteiger partial charge in [0, 0.05) is 13.2 Å². The molecule has 1 atom stereocenters. The third-order valence-electron chi connectivity index (χ3n) is 1.07. The van der Waals surface area contributed by atoms with Gasteiger partial charge < -0.3 is 4.52 Å². The highest BCUT2D eigenvalue weighted by atomic mass is 35.5. The van der Waals surface area contributed by atoms with Crippen molar-refractivity contribution in [3.63, 3.8) is 0 Å². The van der Waals surface area contributed by atoms with Crippen molar-refractivity contribution in [2.24, 2.45) is 0 Å². The summed E-state index contributed by atoms with van der Waals surface area (Å²) in [7, 11) is 1.22. The zero-order valence-corrected chi connectivity index (χ0v) is 10.6. The van der Waals surface area contributed by atoms with Crippen LogP contribution in [0.15, 0.2) is 0 Å². The molecule has 0 saturated carbocycles. The molecule has 0 amide bonds. The molecule has 0 radical (unpaired) electrons. The van der Waals surface area contributed by atoms with E-state index in [1.165, 1.54) is 7.11 Å². The molecule has 3 nitrogen and oxygen atoms in total. The molecule has 8 heteroatoms. The molecule has 0 aromatic carbocycles. The number of hydrogen-bond acceptors (Lipinski definition) is 3. The summed E-state index contributed by atoms with van der Waals surface area (Å²) in [5.41, 5.74) is 0. The highest BCUT2D eigenvalue weighted by molar-refractivity contribution is 8.09. The van der Waals surface area contributed by atoms with Gasteiger partial charge in [-0.1, -0.05) is 0 Å². The second kappa shape index (κ2) is 5.68. The first-order valence-electron chi connectivity index (χ1n) is 3.83. The first-order chi connectivity index (χ1) is 6.24. The summed E-state index contributed by atoms with van der Waals surface area (Å²) in [6, 6.07) is -0.105. The predicted octanol–water partition coefficient (Wildman–Crippen LogP) is 2.70. The second-order valence-corrected chi connectivity index (χ2v) is 6.34. The molecular weight excluding hydrogens is 255 g/mol. The number of alkyl halides is 3. The maximum absolute atomic E-state index is 12.8. The van der Waals surface area contributed by atoms with Crippen LogP contribution in [0.1, 0.15) is 13.8 Å². The molecule has 0 saturated heterocycles. The molecule has 86 valence electrons. The van der Waals surface area contributed by atoms with E-state index in [-0.39, 0.29) is 6.04 Å². The standard InChI is InChI=1S/C6H13ClF2NO2PS/c1-5(2)10-13(14,11-3)12-6(8,9)4-7/h5H,4H2,1-3H3,(H,10,14). The van der Waals surface area contributed by atoms with Crippen LogP contribution in [0.2, 0.25) is 0 Å². The van der Waals surface area contributed by atoms with E-state index in [1.807, 2.05) is 0 Å². The van der Waals surface area contributed by atoms with Crippen LogP contribution >= 0.6 is 18.2 Å². The number of halogens is 3. The normalized spacial score (nSPS) is 17.1. The highest BCUT2D eigenvalue weighted by Gasteiger charge is 2.37. The van der Waals surface area contributed by atoms with E-state index in [1.54, 1.807) is 13.8 Å². The Kier molecular flexibility index (Phi) is 5.95. The minimum absolute atomic E-state index is 0.105. The molecule has 14 heavy (non-hydrogen) atoms. The van der Waals surface area contributed by atoms with Crippen molar-refractivity contribution >= 4 is 30.1 Å². The van der Waals surface area contributed by atoms with E-state index in [0.717, 1.165) is 0 Å². The van der Waals surface area contributed by atoms with Gasteiger partial charge in [0.2, 0.25) is 0 Å². The van der Waals surface area contributed by atoms with Gasteiger partial charge in [0.15, 0.2) is 0 Å². The second-order valence-electron chi connectivity index (χ2n) is 2.83. The summed E-state index contributed by atoms with van der Waals surface area (Å²) >= 11 is 9.82. The third kappa shape index (κ3) is 5.53. The van der Waals surface area contributed by atoms with E-state index >= 15 is 0 Å². The van der Waals surface area contributed by atoms with Crippen molar-refractivity contribution in [3.8, 4) is 0 Å². The van der Waals surface area contributed by atoms with Crippen molar-refractivity contribution in [1.82, 2.24) is 5.09 Å². The summed E-state index contributed by atoms with van der Waals surface area (Å²) in [5, 5.41) is 2.64. The average Bonchev–Trinajstić information content (AvgIpc) is 2.02. The van der Waals surface area contributed by atoms with Crippen molar-refractivity contribution in [3.05, 3.63) is 0 Å². The average molecular weight is 268 g/mol. The molecule has 1 N–H and O–H groups in total. The summed E-state index contributed by atoms with van der Waals surface area (Å²) < 4.78 is 34.6. The minimum atomic E-state index is -3.46. The molecular formula is C6H13ClF2NO2PS. The van der Waals surface area contributed by atoms with E-state index in [4.69, 9.17) is 27.9 Å². The topological polar surface area (TPSA) is 30.5 Å². The number of rotatable bonds is 6. The van der Waals surface area contributed by atoms with Gasteiger partial charge in [-0.15, -0.1) is 11.6 Å². The van der Waals surface area contributed by atoms with Crippen LogP contribution in [-0.4, -0.2) is 25.1 Å². The molecule has 0 aliphatic rings. The maximum atomic E-state index is 12.8. The molecule has 0 spiro atoms. The Bertz CT molecular complexity index is 230. The Morgan fingerprint density at radius 2 is 2.07 bits per heavy atom. The molecule has 0 aromatic heterocycles. The van der Waals surface area contributed by atoms with Crippen LogP contribution in [0.3, 0.4) is 0 Å². The van der Waals surface area contributed by atoms with Crippen LogP contribution in [0.5, 0.6) is 0 Å². The smallest absolute Gasteiger partial charge is 0.321 e. The van der Waals surface area contributed by atoms with Crippen molar-refractivity contribution < 1.29 is 17.8 Å². The van der Waals surface area contributed by atoms with Gasteiger partial charge in [-0.2, -0.15) is 8.78 Å². The SMILES string of the molecule is COP(=S)(NC(C)C)OC(F)(F)CCl. The lowest BCUT2D eigenvalue weighted by molar-refractivity contribution is -0.157. The first kappa shape index (κ1) is 14.7. The monoisotopic (exact) mass is 267 g/mol. The largest absolute Gasteiger partial charge is 0.375 e. The van der Waals surface area contributed by atoms with Crippen LogP contribution in [0, 0.1) is 0 Å². The number of hydrogen-bond donors (Lipinski definition) is 1. The van der Waals surface area contributed by atoms with Crippen LogP contribution in [-0.2, 0) is 20.9 Å². The van der Waals surface area contributed by atoms with Crippen molar-refractivity contribution in [1.29, 1.82) is 0 Å².